The highest BCUT2D eigenvalue weighted by Gasteiger charge is 2.05. The average molecular weight is 245 g/mol. The van der Waals surface area contributed by atoms with Crippen molar-refractivity contribution in [3.8, 4) is 5.75 Å². The van der Waals surface area contributed by atoms with E-state index < -0.39 is 5.97 Å². The van der Waals surface area contributed by atoms with Gasteiger partial charge in [-0.2, -0.15) is 0 Å². The lowest BCUT2D eigenvalue weighted by atomic mass is 10.2. The van der Waals surface area contributed by atoms with Crippen LogP contribution in [0.15, 0.2) is 22.7 Å². The second-order valence-corrected chi connectivity index (χ2v) is 3.42. The maximum absolute atomic E-state index is 10.3. The van der Waals surface area contributed by atoms with Crippen LogP contribution in [0, 0.1) is 6.92 Å². The van der Waals surface area contributed by atoms with Crippen LogP contribution in [-0.4, -0.2) is 17.7 Å². The van der Waals surface area contributed by atoms with Gasteiger partial charge in [-0.3, -0.25) is 0 Å². The minimum atomic E-state index is -0.977. The standard InChI is InChI=1S/C9H9BrO3/c1-6-3-2-4-7(10)9(6)13-5-8(11)12/h2-4H,5H2,1H3,(H,11,12). The highest BCUT2D eigenvalue weighted by Crippen LogP contribution is 2.28. The number of aryl methyl sites for hydroxylation is 1. The van der Waals surface area contributed by atoms with Crippen molar-refractivity contribution in [3.05, 3.63) is 28.2 Å². The topological polar surface area (TPSA) is 46.5 Å². The predicted molar refractivity (Wildman–Crippen MR) is 52.0 cm³/mol. The largest absolute Gasteiger partial charge is 0.480 e. The molecule has 1 rings (SSSR count). The molecular formula is C9H9BrO3. The summed E-state index contributed by atoms with van der Waals surface area (Å²) in [5, 5.41) is 8.42. The number of halogens is 1. The first kappa shape index (κ1) is 10.1. The molecule has 3 nitrogen and oxygen atoms in total. The van der Waals surface area contributed by atoms with E-state index in [1.54, 1.807) is 0 Å². The molecule has 0 aromatic heterocycles. The fourth-order valence-corrected chi connectivity index (χ4v) is 1.51. The Balaban J connectivity index is 2.81. The van der Waals surface area contributed by atoms with E-state index in [4.69, 9.17) is 9.84 Å². The Morgan fingerprint density at radius 2 is 2.31 bits per heavy atom. The third kappa shape index (κ3) is 2.73. The summed E-state index contributed by atoms with van der Waals surface area (Å²) in [6, 6.07) is 5.54. The number of carboxylic acids is 1. The van der Waals surface area contributed by atoms with Gasteiger partial charge in [-0.25, -0.2) is 4.79 Å². The fraction of sp³-hybridized carbons (Fsp3) is 0.222. The van der Waals surface area contributed by atoms with Crippen LogP contribution in [0.5, 0.6) is 5.75 Å². The molecule has 0 aliphatic rings. The van der Waals surface area contributed by atoms with Crippen LogP contribution in [0.1, 0.15) is 5.56 Å². The van der Waals surface area contributed by atoms with Crippen molar-refractivity contribution >= 4 is 21.9 Å². The summed E-state index contributed by atoms with van der Waals surface area (Å²) in [6.07, 6.45) is 0. The van der Waals surface area contributed by atoms with Crippen molar-refractivity contribution < 1.29 is 14.6 Å². The van der Waals surface area contributed by atoms with Gasteiger partial charge in [-0.1, -0.05) is 12.1 Å². The molecule has 70 valence electrons. The summed E-state index contributed by atoms with van der Waals surface area (Å²) in [7, 11) is 0. The Hall–Kier alpha value is -1.03. The van der Waals surface area contributed by atoms with Gasteiger partial charge in [0, 0.05) is 0 Å². The van der Waals surface area contributed by atoms with Crippen LogP contribution < -0.4 is 4.74 Å². The summed E-state index contributed by atoms with van der Waals surface area (Å²) < 4.78 is 5.85. The van der Waals surface area contributed by atoms with E-state index in [-0.39, 0.29) is 6.61 Å². The summed E-state index contributed by atoms with van der Waals surface area (Å²) >= 11 is 3.28. The van der Waals surface area contributed by atoms with E-state index >= 15 is 0 Å². The van der Waals surface area contributed by atoms with Gasteiger partial charge in [0.05, 0.1) is 4.47 Å². The first-order valence-electron chi connectivity index (χ1n) is 3.71. The molecule has 1 N–H and O–H groups in total. The molecule has 4 heteroatoms. The maximum Gasteiger partial charge on any atom is 0.341 e. The maximum atomic E-state index is 10.3. The van der Waals surface area contributed by atoms with Crippen LogP contribution in [0.4, 0.5) is 0 Å². The number of benzene rings is 1. The van der Waals surface area contributed by atoms with E-state index in [1.807, 2.05) is 25.1 Å². The zero-order valence-electron chi connectivity index (χ0n) is 7.08. The van der Waals surface area contributed by atoms with Crippen LogP contribution in [0.2, 0.25) is 0 Å². The molecule has 0 atom stereocenters. The SMILES string of the molecule is Cc1cccc(Br)c1OCC(=O)O. The average Bonchev–Trinajstić information content (AvgIpc) is 2.03. The van der Waals surface area contributed by atoms with Crippen LogP contribution in [-0.2, 0) is 4.79 Å². The molecule has 0 fully saturated rings. The predicted octanol–water partition coefficient (Wildman–Crippen LogP) is 2.22. The molecule has 0 saturated carbocycles. The lowest BCUT2D eigenvalue weighted by Gasteiger charge is -2.08. The molecule has 0 aliphatic heterocycles. The molecule has 13 heavy (non-hydrogen) atoms. The van der Waals surface area contributed by atoms with Gasteiger partial charge in [0.25, 0.3) is 0 Å². The molecular weight excluding hydrogens is 236 g/mol. The Labute approximate surface area is 84.5 Å². The van der Waals surface area contributed by atoms with Crippen molar-refractivity contribution in [2.24, 2.45) is 0 Å². The molecule has 1 aromatic carbocycles. The number of carboxylic acid groups (broad SMARTS) is 1. The Bertz CT molecular complexity index is 302. The summed E-state index contributed by atoms with van der Waals surface area (Å²) in [6.45, 7) is 1.55. The number of hydrogen-bond acceptors (Lipinski definition) is 2. The number of carbonyl (C=O) groups is 1. The molecule has 1 aromatic rings. The lowest BCUT2D eigenvalue weighted by Crippen LogP contribution is -2.10. The van der Waals surface area contributed by atoms with Gasteiger partial charge < -0.3 is 9.84 Å². The van der Waals surface area contributed by atoms with Crippen molar-refractivity contribution in [2.75, 3.05) is 6.61 Å². The molecule has 0 amide bonds. The van der Waals surface area contributed by atoms with Gasteiger partial charge in [-0.15, -0.1) is 0 Å². The molecule has 0 bridgehead atoms. The third-order valence-corrected chi connectivity index (χ3v) is 2.13. The number of ether oxygens (including phenoxy) is 1. The van der Waals surface area contributed by atoms with Crippen molar-refractivity contribution in [2.45, 2.75) is 6.92 Å². The normalized spacial score (nSPS) is 9.69. The van der Waals surface area contributed by atoms with Gasteiger partial charge in [0.15, 0.2) is 6.61 Å². The molecule has 0 saturated heterocycles. The van der Waals surface area contributed by atoms with E-state index in [1.165, 1.54) is 0 Å². The zero-order valence-corrected chi connectivity index (χ0v) is 8.67. The van der Waals surface area contributed by atoms with Crippen molar-refractivity contribution in [3.63, 3.8) is 0 Å². The lowest BCUT2D eigenvalue weighted by molar-refractivity contribution is -0.139. The number of hydrogen-bond donors (Lipinski definition) is 1. The monoisotopic (exact) mass is 244 g/mol. The Kier molecular flexibility index (Phi) is 3.31. The smallest absolute Gasteiger partial charge is 0.341 e. The van der Waals surface area contributed by atoms with Crippen LogP contribution in [0.25, 0.3) is 0 Å². The van der Waals surface area contributed by atoms with E-state index in [2.05, 4.69) is 15.9 Å². The van der Waals surface area contributed by atoms with Gasteiger partial charge in [0.1, 0.15) is 5.75 Å². The fourth-order valence-electron chi connectivity index (χ4n) is 0.933. The van der Waals surface area contributed by atoms with Crippen molar-refractivity contribution in [1.82, 2.24) is 0 Å². The number of para-hydroxylation sites is 1. The molecule has 0 unspecified atom stereocenters. The minimum absolute atomic E-state index is 0.316. The van der Waals surface area contributed by atoms with E-state index in [9.17, 15) is 4.79 Å². The van der Waals surface area contributed by atoms with Gasteiger partial charge in [0.2, 0.25) is 0 Å². The quantitative estimate of drug-likeness (QED) is 0.888. The van der Waals surface area contributed by atoms with Crippen LogP contribution in [0.3, 0.4) is 0 Å². The van der Waals surface area contributed by atoms with Gasteiger partial charge in [-0.05, 0) is 34.5 Å². The first-order valence-corrected chi connectivity index (χ1v) is 4.50. The van der Waals surface area contributed by atoms with E-state index in [0.717, 1.165) is 10.0 Å². The van der Waals surface area contributed by atoms with E-state index in [0.29, 0.717) is 5.75 Å². The summed E-state index contributed by atoms with van der Waals surface area (Å²) in [5.74, 6) is -0.389. The molecule has 0 radical (unpaired) electrons. The highest BCUT2D eigenvalue weighted by atomic mass is 79.9. The highest BCUT2D eigenvalue weighted by molar-refractivity contribution is 9.10. The number of aliphatic carboxylic acids is 1. The first-order chi connectivity index (χ1) is 6.11. The van der Waals surface area contributed by atoms with Gasteiger partial charge >= 0.3 is 5.97 Å². The molecule has 0 spiro atoms. The molecule has 0 heterocycles. The summed E-state index contributed by atoms with van der Waals surface area (Å²) in [4.78, 5) is 10.3. The van der Waals surface area contributed by atoms with Crippen molar-refractivity contribution in [1.29, 1.82) is 0 Å². The Morgan fingerprint density at radius 1 is 1.62 bits per heavy atom. The summed E-state index contributed by atoms with van der Waals surface area (Å²) in [5.41, 5.74) is 0.913. The third-order valence-electron chi connectivity index (χ3n) is 1.50. The second kappa shape index (κ2) is 4.28. The molecule has 0 aliphatic carbocycles. The second-order valence-electron chi connectivity index (χ2n) is 2.57. The number of rotatable bonds is 3. The minimum Gasteiger partial charge on any atom is -0.480 e. The Morgan fingerprint density at radius 3 is 2.85 bits per heavy atom. The van der Waals surface area contributed by atoms with Crippen LogP contribution >= 0.6 is 15.9 Å². The zero-order chi connectivity index (χ0) is 9.84.